The average Bonchev–Trinajstić information content (AvgIpc) is 3.58. The van der Waals surface area contributed by atoms with Gasteiger partial charge in [-0.15, -0.1) is 0 Å². The molecule has 0 N–H and O–H groups in total. The molecule has 1 heteroatoms. The molecule has 0 saturated heterocycles. The highest BCUT2D eigenvalue weighted by atomic mass is 16.3. The number of hydrogen-bond acceptors (Lipinski definition) is 1. The standard InChI is InChI=1S/C46H28O/c1-2-12-29(13-3-1)31-25-26-33-32(28-31)15-10-21-35(33)43-36-17-6-8-19-38(36)44(39-20-9-7-18-37(39)43)40-22-11-23-42-45(40)41-27-24-30-14-4-5-16-34(30)46(41)47-42/h1-28H/i1D,2D,3D,12D,13D. The first-order chi connectivity index (χ1) is 25.4. The molecule has 1 heterocycles. The number of hydrogen-bond donors (Lipinski definition) is 0. The van der Waals surface area contributed by atoms with Crippen molar-refractivity contribution < 1.29 is 11.3 Å². The maximum absolute atomic E-state index is 8.57. The summed E-state index contributed by atoms with van der Waals surface area (Å²) in [5.41, 5.74) is 6.97. The maximum atomic E-state index is 8.57. The predicted octanol–water partition coefficient (Wildman–Crippen LogP) is 13.2. The fourth-order valence-electron chi connectivity index (χ4n) is 7.52. The molecule has 0 aliphatic heterocycles. The van der Waals surface area contributed by atoms with Crippen molar-refractivity contribution in [3.8, 4) is 33.4 Å². The normalized spacial score (nSPS) is 13.3. The summed E-state index contributed by atoms with van der Waals surface area (Å²) in [6.07, 6.45) is 0. The Bertz CT molecular complexity index is 3050. The lowest BCUT2D eigenvalue weighted by atomic mass is 9.83. The quantitative estimate of drug-likeness (QED) is 0.184. The minimum Gasteiger partial charge on any atom is -0.455 e. The molecular weight excluding hydrogens is 569 g/mol. The van der Waals surface area contributed by atoms with Crippen molar-refractivity contribution in [1.29, 1.82) is 0 Å². The van der Waals surface area contributed by atoms with Crippen molar-refractivity contribution in [3.05, 3.63) is 170 Å². The van der Waals surface area contributed by atoms with E-state index in [1.54, 1.807) is 0 Å². The maximum Gasteiger partial charge on any atom is 0.143 e. The summed E-state index contributed by atoms with van der Waals surface area (Å²) in [6.45, 7) is 0. The van der Waals surface area contributed by atoms with Gasteiger partial charge in [0.2, 0.25) is 0 Å². The second kappa shape index (κ2) is 10.2. The molecule has 0 spiro atoms. The third kappa shape index (κ3) is 3.90. The van der Waals surface area contributed by atoms with E-state index in [0.717, 1.165) is 87.3 Å². The zero-order valence-corrected chi connectivity index (χ0v) is 25.2. The van der Waals surface area contributed by atoms with Gasteiger partial charge in [-0.05, 0) is 89.3 Å². The Labute approximate surface area is 279 Å². The van der Waals surface area contributed by atoms with E-state index < -0.39 is 6.04 Å². The highest BCUT2D eigenvalue weighted by molar-refractivity contribution is 6.28. The lowest BCUT2D eigenvalue weighted by Gasteiger charge is -2.19. The predicted molar refractivity (Wildman–Crippen MR) is 200 cm³/mol. The van der Waals surface area contributed by atoms with E-state index in [0.29, 0.717) is 5.56 Å². The Hall–Kier alpha value is -6.18. The van der Waals surface area contributed by atoms with Gasteiger partial charge < -0.3 is 4.42 Å². The zero-order valence-electron chi connectivity index (χ0n) is 30.2. The van der Waals surface area contributed by atoms with Gasteiger partial charge in [0.15, 0.2) is 0 Å². The van der Waals surface area contributed by atoms with Crippen LogP contribution < -0.4 is 0 Å². The average molecular weight is 602 g/mol. The molecule has 1 nitrogen and oxygen atoms in total. The monoisotopic (exact) mass is 601 g/mol. The van der Waals surface area contributed by atoms with Gasteiger partial charge in [0.05, 0.1) is 6.85 Å². The van der Waals surface area contributed by atoms with E-state index in [1.165, 1.54) is 0 Å². The van der Waals surface area contributed by atoms with Gasteiger partial charge in [0, 0.05) is 16.2 Å². The minimum atomic E-state index is -0.394. The first-order valence-corrected chi connectivity index (χ1v) is 15.8. The van der Waals surface area contributed by atoms with E-state index in [1.807, 2.05) is 30.3 Å². The minimum absolute atomic E-state index is 0.201. The van der Waals surface area contributed by atoms with E-state index >= 15 is 0 Å². The molecule has 0 aliphatic carbocycles. The molecule has 0 amide bonds. The molecule has 10 rings (SSSR count). The number of rotatable bonds is 3. The van der Waals surface area contributed by atoms with Crippen molar-refractivity contribution >= 4 is 65.0 Å². The third-order valence-corrected chi connectivity index (χ3v) is 9.53. The van der Waals surface area contributed by atoms with E-state index in [4.69, 9.17) is 11.3 Å². The third-order valence-electron chi connectivity index (χ3n) is 9.53. The number of fused-ring (bicyclic) bond motifs is 8. The van der Waals surface area contributed by atoms with Crippen LogP contribution in [0.3, 0.4) is 0 Å². The Morgan fingerprint density at radius 1 is 0.404 bits per heavy atom. The van der Waals surface area contributed by atoms with Crippen LogP contribution in [0.4, 0.5) is 0 Å². The first-order valence-electron chi connectivity index (χ1n) is 18.3. The van der Waals surface area contributed by atoms with E-state index in [2.05, 4.69) is 109 Å². The first kappa shape index (κ1) is 21.5. The summed E-state index contributed by atoms with van der Waals surface area (Å²) in [7, 11) is 0. The van der Waals surface area contributed by atoms with Gasteiger partial charge >= 0.3 is 0 Å². The van der Waals surface area contributed by atoms with Crippen LogP contribution in [0.1, 0.15) is 6.85 Å². The van der Waals surface area contributed by atoms with Crippen LogP contribution in [-0.4, -0.2) is 0 Å². The van der Waals surface area contributed by atoms with Gasteiger partial charge in [-0.3, -0.25) is 0 Å². The summed E-state index contributed by atoms with van der Waals surface area (Å²) in [4.78, 5) is 0. The van der Waals surface area contributed by atoms with Crippen molar-refractivity contribution in [3.63, 3.8) is 0 Å². The fourth-order valence-corrected chi connectivity index (χ4v) is 7.52. The summed E-state index contributed by atoms with van der Waals surface area (Å²) in [6, 6.07) is 46.8. The number of benzene rings is 9. The van der Waals surface area contributed by atoms with Crippen molar-refractivity contribution in [1.82, 2.24) is 0 Å². The van der Waals surface area contributed by atoms with Crippen LogP contribution >= 0.6 is 0 Å². The molecule has 47 heavy (non-hydrogen) atoms. The van der Waals surface area contributed by atoms with Crippen LogP contribution in [0.5, 0.6) is 0 Å². The Morgan fingerprint density at radius 2 is 1.00 bits per heavy atom. The van der Waals surface area contributed by atoms with Crippen LogP contribution in [0.2, 0.25) is 0 Å². The Balaban J connectivity index is 1.26. The molecule has 0 radical (unpaired) electrons. The van der Waals surface area contributed by atoms with Crippen molar-refractivity contribution in [2.45, 2.75) is 0 Å². The van der Waals surface area contributed by atoms with Crippen LogP contribution in [-0.2, 0) is 0 Å². The van der Waals surface area contributed by atoms with Gasteiger partial charge in [-0.1, -0.05) is 152 Å². The summed E-state index contributed by atoms with van der Waals surface area (Å²) >= 11 is 0. The van der Waals surface area contributed by atoms with E-state index in [-0.39, 0.29) is 29.7 Å². The SMILES string of the molecule is [2H]c1c([2H])c([2H])c(-c2ccc3c(-c4c5ccccc5c(-c5cccc6oc7c8ccccc8ccc7c56)c5ccccc45)cccc3c2)c([2H])c1[2H]. The smallest absolute Gasteiger partial charge is 0.143 e. The van der Waals surface area contributed by atoms with Crippen molar-refractivity contribution in [2.75, 3.05) is 0 Å². The second-order valence-corrected chi connectivity index (χ2v) is 12.0. The summed E-state index contributed by atoms with van der Waals surface area (Å²) in [5.74, 6) is 0. The van der Waals surface area contributed by atoms with E-state index in [9.17, 15) is 0 Å². The lowest BCUT2D eigenvalue weighted by molar-refractivity contribution is 0.673. The largest absolute Gasteiger partial charge is 0.455 e. The Kier molecular flexibility index (Phi) is 4.66. The molecule has 9 aromatic carbocycles. The molecule has 0 atom stereocenters. The second-order valence-electron chi connectivity index (χ2n) is 12.0. The molecule has 0 saturated carbocycles. The Morgan fingerprint density at radius 3 is 1.74 bits per heavy atom. The molecular formula is C46H28O. The summed E-state index contributed by atoms with van der Waals surface area (Å²) < 4.78 is 48.2. The van der Waals surface area contributed by atoms with Crippen LogP contribution in [0, 0.1) is 0 Å². The molecule has 0 bridgehead atoms. The zero-order chi connectivity index (χ0) is 35.2. The van der Waals surface area contributed by atoms with Gasteiger partial charge in [-0.25, -0.2) is 0 Å². The molecule has 1 aromatic heterocycles. The molecule has 0 fully saturated rings. The molecule has 0 unspecified atom stereocenters. The highest BCUT2D eigenvalue weighted by Gasteiger charge is 2.21. The van der Waals surface area contributed by atoms with Crippen LogP contribution in [0.25, 0.3) is 98.4 Å². The molecule has 0 aliphatic rings. The lowest BCUT2D eigenvalue weighted by Crippen LogP contribution is -1.92. The molecule has 10 aromatic rings. The van der Waals surface area contributed by atoms with Gasteiger partial charge in [0.25, 0.3) is 0 Å². The van der Waals surface area contributed by atoms with Gasteiger partial charge in [0.1, 0.15) is 11.2 Å². The van der Waals surface area contributed by atoms with Gasteiger partial charge in [-0.2, -0.15) is 0 Å². The van der Waals surface area contributed by atoms with Crippen LogP contribution in [0.15, 0.2) is 174 Å². The van der Waals surface area contributed by atoms with Crippen molar-refractivity contribution in [2.24, 2.45) is 0 Å². The molecule has 218 valence electrons. The number of furan rings is 1. The topological polar surface area (TPSA) is 13.1 Å². The fraction of sp³-hybridized carbons (Fsp3) is 0. The summed E-state index contributed by atoms with van der Waals surface area (Å²) in [5, 5.41) is 10.9. The highest BCUT2D eigenvalue weighted by Crippen LogP contribution is 2.48.